The Bertz CT molecular complexity index is 1100. The summed E-state index contributed by atoms with van der Waals surface area (Å²) in [5.41, 5.74) is 1.25. The molecule has 0 aliphatic heterocycles. The summed E-state index contributed by atoms with van der Waals surface area (Å²) >= 11 is 0. The van der Waals surface area contributed by atoms with Crippen LogP contribution in [0.15, 0.2) is 54.6 Å². The predicted octanol–water partition coefficient (Wildman–Crippen LogP) is 4.24. The number of nitrogens with one attached hydrogen (secondary N) is 1. The van der Waals surface area contributed by atoms with Gasteiger partial charge in [-0.3, -0.25) is 13.9 Å². The van der Waals surface area contributed by atoms with Gasteiger partial charge in [-0.15, -0.1) is 0 Å². The van der Waals surface area contributed by atoms with Gasteiger partial charge in [-0.05, 0) is 56.0 Å². The third-order valence-electron chi connectivity index (χ3n) is 6.58. The Morgan fingerprint density at radius 1 is 1.03 bits per heavy atom. The summed E-state index contributed by atoms with van der Waals surface area (Å²) in [7, 11) is -3.62. The molecular weight excluding hydrogens is 481 g/mol. The van der Waals surface area contributed by atoms with Crippen LogP contribution >= 0.6 is 0 Å². The second-order valence-corrected chi connectivity index (χ2v) is 11.3. The standard InChI is InChI=1S/C27H36FN3O4S/c1-21(27(33)29-24-12-7-4-8-13-24)30(20-22-10-5-3-6-11-22)26(32)14-9-19-31(36(2,34)35)25-17-15-23(28)16-18-25/h3,5-6,10-11,15-18,21,24H,4,7-9,12-14,19-20H2,1-2H3,(H,29,33). The van der Waals surface area contributed by atoms with Crippen LogP contribution in [0.3, 0.4) is 0 Å². The lowest BCUT2D eigenvalue weighted by Gasteiger charge is -2.31. The molecule has 7 nitrogen and oxygen atoms in total. The molecule has 1 fully saturated rings. The van der Waals surface area contributed by atoms with Crippen molar-refractivity contribution in [1.82, 2.24) is 10.2 Å². The van der Waals surface area contributed by atoms with Gasteiger partial charge in [0.15, 0.2) is 0 Å². The number of carbonyl (C=O) groups excluding carboxylic acids is 2. The van der Waals surface area contributed by atoms with Gasteiger partial charge >= 0.3 is 0 Å². The largest absolute Gasteiger partial charge is 0.352 e. The van der Waals surface area contributed by atoms with E-state index in [0.29, 0.717) is 5.69 Å². The highest BCUT2D eigenvalue weighted by Crippen LogP contribution is 2.21. The maximum atomic E-state index is 13.3. The van der Waals surface area contributed by atoms with E-state index in [0.717, 1.165) is 37.5 Å². The fraction of sp³-hybridized carbons (Fsp3) is 0.481. The summed E-state index contributed by atoms with van der Waals surface area (Å²) in [6.07, 6.45) is 6.69. The van der Waals surface area contributed by atoms with E-state index in [4.69, 9.17) is 0 Å². The van der Waals surface area contributed by atoms with Crippen LogP contribution in [0.2, 0.25) is 0 Å². The second-order valence-electron chi connectivity index (χ2n) is 9.44. The minimum absolute atomic E-state index is 0.0675. The highest BCUT2D eigenvalue weighted by atomic mass is 32.2. The molecule has 1 aliphatic rings. The highest BCUT2D eigenvalue weighted by molar-refractivity contribution is 7.92. The Kier molecular flexibility index (Phi) is 9.87. The quantitative estimate of drug-likeness (QED) is 0.483. The van der Waals surface area contributed by atoms with E-state index in [1.807, 2.05) is 30.3 Å². The maximum absolute atomic E-state index is 13.3. The molecule has 1 N–H and O–H groups in total. The van der Waals surface area contributed by atoms with Gasteiger partial charge in [0.2, 0.25) is 21.8 Å². The predicted molar refractivity (Wildman–Crippen MR) is 139 cm³/mol. The van der Waals surface area contributed by atoms with Gasteiger partial charge in [0.05, 0.1) is 11.9 Å². The molecule has 196 valence electrons. The van der Waals surface area contributed by atoms with Gasteiger partial charge < -0.3 is 10.2 Å². The van der Waals surface area contributed by atoms with Crippen molar-refractivity contribution in [3.8, 4) is 0 Å². The Morgan fingerprint density at radius 2 is 1.67 bits per heavy atom. The number of halogens is 1. The lowest BCUT2D eigenvalue weighted by atomic mass is 9.95. The summed E-state index contributed by atoms with van der Waals surface area (Å²) in [5.74, 6) is -0.854. The molecule has 0 aromatic heterocycles. The van der Waals surface area contributed by atoms with Gasteiger partial charge in [-0.1, -0.05) is 49.6 Å². The third kappa shape index (κ3) is 8.05. The number of hydrogen-bond acceptors (Lipinski definition) is 4. The average molecular weight is 518 g/mol. The van der Waals surface area contributed by atoms with Gasteiger partial charge in [-0.25, -0.2) is 12.8 Å². The summed E-state index contributed by atoms with van der Waals surface area (Å²) in [6, 6.07) is 14.2. The summed E-state index contributed by atoms with van der Waals surface area (Å²) < 4.78 is 39.2. The molecule has 2 aromatic rings. The van der Waals surface area contributed by atoms with Crippen molar-refractivity contribution in [2.45, 2.75) is 70.5 Å². The van der Waals surface area contributed by atoms with Crippen molar-refractivity contribution >= 4 is 27.5 Å². The fourth-order valence-electron chi connectivity index (χ4n) is 4.54. The Labute approximate surface area is 213 Å². The van der Waals surface area contributed by atoms with Gasteiger partial charge in [0.1, 0.15) is 11.9 Å². The Morgan fingerprint density at radius 3 is 2.28 bits per heavy atom. The molecular formula is C27H36FN3O4S. The molecule has 0 spiro atoms. The molecule has 36 heavy (non-hydrogen) atoms. The van der Waals surface area contributed by atoms with Gasteiger partial charge in [-0.2, -0.15) is 0 Å². The lowest BCUT2D eigenvalue weighted by molar-refractivity contribution is -0.141. The van der Waals surface area contributed by atoms with Crippen molar-refractivity contribution in [2.75, 3.05) is 17.1 Å². The minimum Gasteiger partial charge on any atom is -0.352 e. The number of carbonyl (C=O) groups is 2. The maximum Gasteiger partial charge on any atom is 0.242 e. The van der Waals surface area contributed by atoms with E-state index in [1.54, 1.807) is 11.8 Å². The molecule has 1 saturated carbocycles. The number of amides is 2. The topological polar surface area (TPSA) is 86.8 Å². The third-order valence-corrected chi connectivity index (χ3v) is 7.78. The van der Waals surface area contributed by atoms with Crippen molar-refractivity contribution in [1.29, 1.82) is 0 Å². The van der Waals surface area contributed by atoms with Gasteiger partial charge in [0, 0.05) is 25.6 Å². The lowest BCUT2D eigenvalue weighted by Crippen LogP contribution is -2.50. The molecule has 0 radical (unpaired) electrons. The van der Waals surface area contributed by atoms with Gasteiger partial charge in [0.25, 0.3) is 0 Å². The van der Waals surface area contributed by atoms with Crippen LogP contribution in [0.5, 0.6) is 0 Å². The number of anilines is 1. The van der Waals surface area contributed by atoms with E-state index in [-0.39, 0.29) is 43.8 Å². The Balaban J connectivity index is 1.68. The van der Waals surface area contributed by atoms with E-state index in [2.05, 4.69) is 5.32 Å². The van der Waals surface area contributed by atoms with Crippen LogP contribution in [0.25, 0.3) is 0 Å². The normalized spacial score (nSPS) is 15.2. The second kappa shape index (κ2) is 12.9. The zero-order chi connectivity index (χ0) is 26.1. The van der Waals surface area contributed by atoms with Crippen molar-refractivity contribution in [2.24, 2.45) is 0 Å². The molecule has 0 saturated heterocycles. The summed E-state index contributed by atoms with van der Waals surface area (Å²) in [4.78, 5) is 27.9. The molecule has 1 aliphatic carbocycles. The van der Waals surface area contributed by atoms with E-state index >= 15 is 0 Å². The SMILES string of the molecule is CC(C(=O)NC1CCCCC1)N(Cc1ccccc1)C(=O)CCCN(c1ccc(F)cc1)S(C)(=O)=O. The van der Waals surface area contributed by atoms with E-state index in [9.17, 15) is 22.4 Å². The number of hydrogen-bond donors (Lipinski definition) is 1. The zero-order valence-electron chi connectivity index (χ0n) is 21.0. The van der Waals surface area contributed by atoms with Crippen LogP contribution < -0.4 is 9.62 Å². The first kappa shape index (κ1) is 27.6. The van der Waals surface area contributed by atoms with Crippen LogP contribution in [0.4, 0.5) is 10.1 Å². The van der Waals surface area contributed by atoms with Crippen LogP contribution in [-0.2, 0) is 26.2 Å². The van der Waals surface area contributed by atoms with Crippen LogP contribution in [0.1, 0.15) is 57.4 Å². The fourth-order valence-corrected chi connectivity index (χ4v) is 5.51. The highest BCUT2D eigenvalue weighted by Gasteiger charge is 2.28. The molecule has 0 bridgehead atoms. The van der Waals surface area contributed by atoms with Crippen molar-refractivity contribution in [3.63, 3.8) is 0 Å². The van der Waals surface area contributed by atoms with Crippen LogP contribution in [0, 0.1) is 5.82 Å². The number of nitrogens with zero attached hydrogens (tertiary/aromatic N) is 2. The molecule has 2 aromatic carbocycles. The number of rotatable bonds is 11. The van der Waals surface area contributed by atoms with Crippen molar-refractivity contribution < 1.29 is 22.4 Å². The Hall–Kier alpha value is -2.94. The smallest absolute Gasteiger partial charge is 0.242 e. The first-order valence-corrected chi connectivity index (χ1v) is 14.4. The number of sulfonamides is 1. The van der Waals surface area contributed by atoms with Crippen LogP contribution in [-0.4, -0.2) is 50.0 Å². The van der Waals surface area contributed by atoms with Crippen molar-refractivity contribution in [3.05, 3.63) is 66.0 Å². The summed E-state index contributed by atoms with van der Waals surface area (Å²) in [5, 5.41) is 3.11. The molecule has 3 rings (SSSR count). The molecule has 2 amide bonds. The molecule has 1 atom stereocenters. The molecule has 1 unspecified atom stereocenters. The monoisotopic (exact) mass is 517 g/mol. The summed E-state index contributed by atoms with van der Waals surface area (Å²) in [6.45, 7) is 2.09. The number of benzene rings is 2. The minimum atomic E-state index is -3.62. The zero-order valence-corrected chi connectivity index (χ0v) is 21.8. The first-order chi connectivity index (χ1) is 17.1. The average Bonchev–Trinajstić information content (AvgIpc) is 2.86. The first-order valence-electron chi connectivity index (χ1n) is 12.5. The van der Waals surface area contributed by atoms with E-state index in [1.165, 1.54) is 35.0 Å². The molecule has 0 heterocycles. The van der Waals surface area contributed by atoms with E-state index < -0.39 is 21.9 Å². The molecule has 9 heteroatoms.